The van der Waals surface area contributed by atoms with Gasteiger partial charge in [-0.3, -0.25) is 5.32 Å². The van der Waals surface area contributed by atoms with Crippen molar-refractivity contribution in [3.8, 4) is 12.3 Å². The fourth-order valence-electron chi connectivity index (χ4n) is 2.25. The van der Waals surface area contributed by atoms with E-state index in [-0.39, 0.29) is 13.0 Å². The molecule has 130 valence electrons. The van der Waals surface area contributed by atoms with Gasteiger partial charge in [-0.2, -0.15) is 0 Å². The Kier molecular flexibility index (Phi) is 6.14. The van der Waals surface area contributed by atoms with Crippen LogP contribution in [0.5, 0.6) is 0 Å². The number of amides is 1. The fraction of sp³-hybridized carbons (Fsp3) is 0.438. The predicted molar refractivity (Wildman–Crippen MR) is 82.6 cm³/mol. The van der Waals surface area contributed by atoms with Gasteiger partial charge in [0.1, 0.15) is 24.4 Å². The Morgan fingerprint density at radius 2 is 1.88 bits per heavy atom. The van der Waals surface area contributed by atoms with E-state index in [1.165, 1.54) is 0 Å². The second-order valence-electron chi connectivity index (χ2n) is 5.31. The van der Waals surface area contributed by atoms with Crippen LogP contribution in [0.4, 0.5) is 10.5 Å². The lowest BCUT2D eigenvalue weighted by Crippen LogP contribution is -2.58. The summed E-state index contributed by atoms with van der Waals surface area (Å²) < 4.78 is 10.2. The van der Waals surface area contributed by atoms with Gasteiger partial charge in [0, 0.05) is 12.1 Å². The van der Waals surface area contributed by atoms with Crippen molar-refractivity contribution < 1.29 is 34.7 Å². The van der Waals surface area contributed by atoms with Crippen molar-refractivity contribution in [3.05, 3.63) is 29.8 Å². The third kappa shape index (κ3) is 4.23. The topological polar surface area (TPSA) is 128 Å². The summed E-state index contributed by atoms with van der Waals surface area (Å²) in [5.41, 5.74) is 1.08. The summed E-state index contributed by atoms with van der Waals surface area (Å²) in [6.07, 6.45) is -2.78. The number of rotatable bonds is 4. The van der Waals surface area contributed by atoms with Crippen LogP contribution >= 0.6 is 0 Å². The van der Waals surface area contributed by atoms with E-state index in [1.54, 1.807) is 24.3 Å². The first-order valence-corrected chi connectivity index (χ1v) is 7.26. The molecule has 1 heterocycles. The van der Waals surface area contributed by atoms with Crippen LogP contribution in [0.2, 0.25) is 0 Å². The molecule has 8 nitrogen and oxygen atoms in total. The molecule has 1 aliphatic rings. The number of ether oxygens (including phenoxy) is 2. The van der Waals surface area contributed by atoms with Gasteiger partial charge in [0.15, 0.2) is 0 Å². The molecule has 0 radical (unpaired) electrons. The Balaban J connectivity index is 1.97. The Hall–Kier alpha value is -2.15. The van der Waals surface area contributed by atoms with Gasteiger partial charge in [0.2, 0.25) is 6.29 Å². The number of aliphatic hydroxyl groups is 4. The SMILES string of the molecule is C#CCC1OC(OC(=O)Nc2ccc(CO)cc2)C(O)C(O)C1O. The molecule has 0 bridgehead atoms. The summed E-state index contributed by atoms with van der Waals surface area (Å²) in [4.78, 5) is 11.9. The average molecular weight is 337 g/mol. The zero-order chi connectivity index (χ0) is 17.7. The van der Waals surface area contributed by atoms with Gasteiger partial charge in [0.25, 0.3) is 0 Å². The molecule has 8 heteroatoms. The number of aliphatic hydroxyl groups excluding tert-OH is 4. The molecule has 0 saturated carbocycles. The molecule has 1 saturated heterocycles. The number of benzene rings is 1. The monoisotopic (exact) mass is 337 g/mol. The normalized spacial score (nSPS) is 29.5. The van der Waals surface area contributed by atoms with Gasteiger partial charge >= 0.3 is 6.09 Å². The van der Waals surface area contributed by atoms with Crippen molar-refractivity contribution in [2.75, 3.05) is 5.32 Å². The van der Waals surface area contributed by atoms with Crippen LogP contribution in [0.3, 0.4) is 0 Å². The van der Waals surface area contributed by atoms with Gasteiger partial charge in [-0.1, -0.05) is 12.1 Å². The van der Waals surface area contributed by atoms with Gasteiger partial charge in [0.05, 0.1) is 6.61 Å². The smallest absolute Gasteiger partial charge is 0.414 e. The number of carbonyl (C=O) groups is 1. The van der Waals surface area contributed by atoms with Gasteiger partial charge in [-0.05, 0) is 17.7 Å². The van der Waals surface area contributed by atoms with E-state index in [4.69, 9.17) is 21.0 Å². The predicted octanol–water partition coefficient (Wildman–Crippen LogP) is -0.442. The van der Waals surface area contributed by atoms with E-state index < -0.39 is 36.8 Å². The molecular weight excluding hydrogens is 318 g/mol. The van der Waals surface area contributed by atoms with Crippen molar-refractivity contribution >= 4 is 11.8 Å². The van der Waals surface area contributed by atoms with Crippen LogP contribution in [0.25, 0.3) is 0 Å². The van der Waals surface area contributed by atoms with Crippen LogP contribution in [0.15, 0.2) is 24.3 Å². The molecule has 2 rings (SSSR count). The largest absolute Gasteiger partial charge is 0.416 e. The second-order valence-corrected chi connectivity index (χ2v) is 5.31. The van der Waals surface area contributed by atoms with E-state index in [0.717, 1.165) is 0 Å². The minimum Gasteiger partial charge on any atom is -0.416 e. The molecule has 0 aliphatic carbocycles. The fourth-order valence-corrected chi connectivity index (χ4v) is 2.25. The molecule has 1 aliphatic heterocycles. The number of terminal acetylenes is 1. The van der Waals surface area contributed by atoms with Crippen LogP contribution < -0.4 is 5.32 Å². The molecule has 0 aromatic heterocycles. The van der Waals surface area contributed by atoms with Crippen LogP contribution in [0, 0.1) is 12.3 Å². The summed E-state index contributed by atoms with van der Waals surface area (Å²) in [5.74, 6) is 2.27. The highest BCUT2D eigenvalue weighted by atomic mass is 16.7. The molecule has 0 spiro atoms. The van der Waals surface area contributed by atoms with Crippen LogP contribution in [0.1, 0.15) is 12.0 Å². The molecule has 1 aromatic carbocycles. The minimum absolute atomic E-state index is 0.0188. The highest BCUT2D eigenvalue weighted by Crippen LogP contribution is 2.24. The van der Waals surface area contributed by atoms with Gasteiger partial charge in [-0.15, -0.1) is 12.3 Å². The molecular formula is C16H19NO7. The number of carbonyl (C=O) groups excluding carboxylic acids is 1. The Morgan fingerprint density at radius 3 is 2.46 bits per heavy atom. The van der Waals surface area contributed by atoms with E-state index in [0.29, 0.717) is 11.3 Å². The first kappa shape index (κ1) is 18.2. The van der Waals surface area contributed by atoms with Gasteiger partial charge < -0.3 is 29.9 Å². The van der Waals surface area contributed by atoms with Crippen molar-refractivity contribution in [1.29, 1.82) is 0 Å². The minimum atomic E-state index is -1.61. The lowest BCUT2D eigenvalue weighted by Gasteiger charge is -2.39. The maximum absolute atomic E-state index is 11.9. The summed E-state index contributed by atoms with van der Waals surface area (Å²) in [7, 11) is 0. The second kappa shape index (κ2) is 8.10. The maximum atomic E-state index is 11.9. The third-order valence-corrected chi connectivity index (χ3v) is 3.59. The van der Waals surface area contributed by atoms with E-state index in [1.807, 2.05) is 0 Å². The summed E-state index contributed by atoms with van der Waals surface area (Å²) >= 11 is 0. The van der Waals surface area contributed by atoms with Crippen LogP contribution in [-0.4, -0.2) is 57.2 Å². The summed E-state index contributed by atoms with van der Waals surface area (Å²) in [6.45, 7) is -0.121. The average Bonchev–Trinajstić information content (AvgIpc) is 2.58. The zero-order valence-electron chi connectivity index (χ0n) is 12.7. The third-order valence-electron chi connectivity index (χ3n) is 3.59. The van der Waals surface area contributed by atoms with Crippen molar-refractivity contribution in [3.63, 3.8) is 0 Å². The van der Waals surface area contributed by atoms with Gasteiger partial charge in [-0.25, -0.2) is 4.79 Å². The van der Waals surface area contributed by atoms with Crippen molar-refractivity contribution in [1.82, 2.24) is 0 Å². The standard InChI is InChI=1S/C16H19NO7/c1-2-3-11-12(19)13(20)14(21)15(23-11)24-16(22)17-10-6-4-9(8-18)5-7-10/h1,4-7,11-15,18-21H,3,8H2,(H,17,22). The number of nitrogens with one attached hydrogen (secondary N) is 1. The van der Waals surface area contributed by atoms with E-state index in [2.05, 4.69) is 11.2 Å². The lowest BCUT2D eigenvalue weighted by molar-refractivity contribution is -0.277. The quantitative estimate of drug-likeness (QED) is 0.471. The number of hydrogen-bond acceptors (Lipinski definition) is 7. The zero-order valence-corrected chi connectivity index (χ0v) is 12.7. The Bertz CT molecular complexity index is 597. The Labute approximate surface area is 138 Å². The highest BCUT2D eigenvalue weighted by Gasteiger charge is 2.45. The lowest BCUT2D eigenvalue weighted by atomic mass is 9.97. The summed E-state index contributed by atoms with van der Waals surface area (Å²) in [6, 6.07) is 6.35. The number of hydrogen-bond donors (Lipinski definition) is 5. The van der Waals surface area contributed by atoms with E-state index >= 15 is 0 Å². The Morgan fingerprint density at radius 1 is 1.21 bits per heavy atom. The molecule has 1 amide bonds. The first-order valence-electron chi connectivity index (χ1n) is 7.26. The van der Waals surface area contributed by atoms with Crippen molar-refractivity contribution in [2.24, 2.45) is 0 Å². The van der Waals surface area contributed by atoms with Crippen molar-refractivity contribution in [2.45, 2.75) is 43.7 Å². The maximum Gasteiger partial charge on any atom is 0.414 e. The molecule has 24 heavy (non-hydrogen) atoms. The summed E-state index contributed by atoms with van der Waals surface area (Å²) in [5, 5.41) is 40.8. The molecule has 1 fully saturated rings. The number of anilines is 1. The molecule has 5 unspecified atom stereocenters. The highest BCUT2D eigenvalue weighted by molar-refractivity contribution is 5.84. The molecule has 5 atom stereocenters. The first-order chi connectivity index (χ1) is 11.5. The van der Waals surface area contributed by atoms with Crippen LogP contribution in [-0.2, 0) is 16.1 Å². The van der Waals surface area contributed by atoms with E-state index in [9.17, 15) is 20.1 Å². The molecule has 5 N–H and O–H groups in total. The molecule has 1 aromatic rings.